The Bertz CT molecular complexity index is 208. The summed E-state index contributed by atoms with van der Waals surface area (Å²) in [5, 5.41) is 4.48. The molecule has 102 valence electrons. The van der Waals surface area contributed by atoms with Crippen LogP contribution in [0.5, 0.6) is 0 Å². The molecule has 0 aliphatic carbocycles. The Hall–Kier alpha value is 0.270. The van der Waals surface area contributed by atoms with Gasteiger partial charge in [0.15, 0.2) is 0 Å². The van der Waals surface area contributed by atoms with Crippen LogP contribution in [-0.2, 0) is 0 Å². The van der Waals surface area contributed by atoms with E-state index in [1.807, 2.05) is 11.8 Å². The smallest absolute Gasteiger partial charge is 0.0219 e. The zero-order chi connectivity index (χ0) is 12.8. The second-order valence-corrected chi connectivity index (χ2v) is 7.07. The summed E-state index contributed by atoms with van der Waals surface area (Å²) in [6.07, 6.45) is 4.79. The maximum absolute atomic E-state index is 3.72. The van der Waals surface area contributed by atoms with Crippen LogP contribution in [0, 0.1) is 5.92 Å². The average Bonchev–Trinajstić information content (AvgIpc) is 2.28. The number of hydrogen-bond acceptors (Lipinski definition) is 3. The minimum Gasteiger partial charge on any atom is -0.311 e. The molecule has 1 aliphatic heterocycles. The zero-order valence-electron chi connectivity index (χ0n) is 12.2. The molecule has 0 aromatic rings. The summed E-state index contributed by atoms with van der Waals surface area (Å²) in [7, 11) is 0. The number of nitrogens with one attached hydrogen (secondary N) is 1. The summed E-state index contributed by atoms with van der Waals surface area (Å²) in [4.78, 5) is 2.71. The highest BCUT2D eigenvalue weighted by molar-refractivity contribution is 7.99. The third-order valence-electron chi connectivity index (χ3n) is 3.73. The number of hydrogen-bond donors (Lipinski definition) is 1. The minimum absolute atomic E-state index is 0.701. The van der Waals surface area contributed by atoms with Gasteiger partial charge >= 0.3 is 0 Å². The standard InChI is InChI=1S/C14H30N2S/c1-6-14-8-15-13(7-11(2)3)10-16(14)9-12(4)17-5/h11-15H,6-10H2,1-5H3. The summed E-state index contributed by atoms with van der Waals surface area (Å²) in [6, 6.07) is 1.44. The highest BCUT2D eigenvalue weighted by Gasteiger charge is 2.27. The fraction of sp³-hybridized carbons (Fsp3) is 1.00. The average molecular weight is 258 g/mol. The first-order valence-corrected chi connectivity index (χ1v) is 8.35. The van der Waals surface area contributed by atoms with Crippen LogP contribution in [0.15, 0.2) is 0 Å². The number of piperazine rings is 1. The van der Waals surface area contributed by atoms with Crippen molar-refractivity contribution in [2.45, 2.75) is 57.9 Å². The number of rotatable bonds is 6. The lowest BCUT2D eigenvalue weighted by Gasteiger charge is -2.41. The van der Waals surface area contributed by atoms with E-state index in [1.54, 1.807) is 0 Å². The van der Waals surface area contributed by atoms with Crippen LogP contribution in [0.2, 0.25) is 0 Å². The van der Waals surface area contributed by atoms with Gasteiger partial charge in [-0.25, -0.2) is 0 Å². The molecule has 0 bridgehead atoms. The molecule has 3 atom stereocenters. The van der Waals surface area contributed by atoms with Gasteiger partial charge in [-0.05, 0) is 25.0 Å². The Morgan fingerprint density at radius 2 is 2.06 bits per heavy atom. The summed E-state index contributed by atoms with van der Waals surface area (Å²) in [5.41, 5.74) is 0. The van der Waals surface area contributed by atoms with E-state index in [-0.39, 0.29) is 0 Å². The van der Waals surface area contributed by atoms with Crippen LogP contribution in [0.3, 0.4) is 0 Å². The fourth-order valence-electron chi connectivity index (χ4n) is 2.69. The van der Waals surface area contributed by atoms with E-state index in [0.717, 1.165) is 17.2 Å². The molecule has 1 N–H and O–H groups in total. The largest absolute Gasteiger partial charge is 0.311 e. The first-order chi connectivity index (χ1) is 8.06. The molecule has 17 heavy (non-hydrogen) atoms. The molecule has 0 aromatic heterocycles. The van der Waals surface area contributed by atoms with Crippen LogP contribution in [0.4, 0.5) is 0 Å². The molecule has 1 rings (SSSR count). The monoisotopic (exact) mass is 258 g/mol. The van der Waals surface area contributed by atoms with Gasteiger partial charge in [-0.2, -0.15) is 11.8 Å². The molecule has 0 spiro atoms. The van der Waals surface area contributed by atoms with Crippen LogP contribution in [0.1, 0.15) is 40.5 Å². The van der Waals surface area contributed by atoms with Gasteiger partial charge in [0.2, 0.25) is 0 Å². The zero-order valence-corrected chi connectivity index (χ0v) is 13.0. The molecule has 0 amide bonds. The fourth-order valence-corrected chi connectivity index (χ4v) is 3.03. The second-order valence-electron chi connectivity index (χ2n) is 5.80. The van der Waals surface area contributed by atoms with E-state index in [9.17, 15) is 0 Å². The van der Waals surface area contributed by atoms with Gasteiger partial charge in [0, 0.05) is 37.0 Å². The quantitative estimate of drug-likeness (QED) is 0.789. The molecule has 0 radical (unpaired) electrons. The summed E-state index contributed by atoms with van der Waals surface area (Å²) >= 11 is 1.98. The van der Waals surface area contributed by atoms with E-state index >= 15 is 0 Å². The van der Waals surface area contributed by atoms with Crippen molar-refractivity contribution in [2.75, 3.05) is 25.9 Å². The van der Waals surface area contributed by atoms with Gasteiger partial charge in [-0.1, -0.05) is 27.7 Å². The Kier molecular flexibility index (Phi) is 6.90. The van der Waals surface area contributed by atoms with Crippen LogP contribution in [0.25, 0.3) is 0 Å². The van der Waals surface area contributed by atoms with Crippen molar-refractivity contribution in [1.29, 1.82) is 0 Å². The van der Waals surface area contributed by atoms with Crippen LogP contribution < -0.4 is 5.32 Å². The molecule has 0 aromatic carbocycles. The maximum Gasteiger partial charge on any atom is 0.0219 e. The van der Waals surface area contributed by atoms with E-state index in [2.05, 4.69) is 44.2 Å². The van der Waals surface area contributed by atoms with E-state index in [1.165, 1.54) is 32.5 Å². The Labute approximate surface area is 112 Å². The lowest BCUT2D eigenvalue weighted by Crippen LogP contribution is -2.57. The van der Waals surface area contributed by atoms with E-state index in [4.69, 9.17) is 0 Å². The maximum atomic E-state index is 3.72. The van der Waals surface area contributed by atoms with E-state index < -0.39 is 0 Å². The molecule has 3 unspecified atom stereocenters. The first-order valence-electron chi connectivity index (χ1n) is 7.07. The van der Waals surface area contributed by atoms with Crippen LogP contribution in [-0.4, -0.2) is 48.1 Å². The van der Waals surface area contributed by atoms with Crippen LogP contribution >= 0.6 is 11.8 Å². The molecular weight excluding hydrogens is 228 g/mol. The van der Waals surface area contributed by atoms with Crippen molar-refractivity contribution in [3.63, 3.8) is 0 Å². The molecule has 1 fully saturated rings. The molecule has 2 nitrogen and oxygen atoms in total. The van der Waals surface area contributed by atoms with Crippen molar-refractivity contribution in [1.82, 2.24) is 10.2 Å². The van der Waals surface area contributed by atoms with Gasteiger partial charge in [-0.15, -0.1) is 0 Å². The highest BCUT2D eigenvalue weighted by Crippen LogP contribution is 2.18. The van der Waals surface area contributed by atoms with Gasteiger partial charge in [-0.3, -0.25) is 4.90 Å². The van der Waals surface area contributed by atoms with Crippen molar-refractivity contribution < 1.29 is 0 Å². The third kappa shape index (κ3) is 5.19. The van der Waals surface area contributed by atoms with Gasteiger partial charge in [0.05, 0.1) is 0 Å². The lowest BCUT2D eigenvalue weighted by molar-refractivity contribution is 0.120. The Morgan fingerprint density at radius 1 is 1.35 bits per heavy atom. The minimum atomic E-state index is 0.701. The van der Waals surface area contributed by atoms with Gasteiger partial charge in [0.1, 0.15) is 0 Å². The number of nitrogens with zero attached hydrogens (tertiary/aromatic N) is 1. The Balaban J connectivity index is 2.49. The molecule has 1 heterocycles. The van der Waals surface area contributed by atoms with Crippen molar-refractivity contribution in [2.24, 2.45) is 5.92 Å². The van der Waals surface area contributed by atoms with Gasteiger partial charge in [0.25, 0.3) is 0 Å². The Morgan fingerprint density at radius 3 is 2.59 bits per heavy atom. The topological polar surface area (TPSA) is 15.3 Å². The summed E-state index contributed by atoms with van der Waals surface area (Å²) in [6.45, 7) is 13.0. The normalized spacial score (nSPS) is 28.6. The highest BCUT2D eigenvalue weighted by atomic mass is 32.2. The summed E-state index contributed by atoms with van der Waals surface area (Å²) < 4.78 is 0. The molecule has 1 aliphatic rings. The summed E-state index contributed by atoms with van der Waals surface area (Å²) in [5.74, 6) is 0.797. The predicted octanol–water partition coefficient (Wildman–Crippen LogP) is 2.84. The lowest BCUT2D eigenvalue weighted by atomic mass is 9.99. The second kappa shape index (κ2) is 7.65. The molecule has 1 saturated heterocycles. The molecule has 3 heteroatoms. The molecular formula is C14H30N2S. The predicted molar refractivity (Wildman–Crippen MR) is 79.9 cm³/mol. The van der Waals surface area contributed by atoms with Gasteiger partial charge < -0.3 is 5.32 Å². The first kappa shape index (κ1) is 15.3. The molecule has 0 saturated carbocycles. The van der Waals surface area contributed by atoms with E-state index in [0.29, 0.717) is 6.04 Å². The SMILES string of the molecule is CCC1CNC(CC(C)C)CN1CC(C)SC. The third-order valence-corrected chi connectivity index (χ3v) is 4.69. The van der Waals surface area contributed by atoms with Crippen molar-refractivity contribution in [3.8, 4) is 0 Å². The van der Waals surface area contributed by atoms with Crippen molar-refractivity contribution in [3.05, 3.63) is 0 Å². The number of thioether (sulfide) groups is 1. The van der Waals surface area contributed by atoms with Crippen molar-refractivity contribution >= 4 is 11.8 Å².